The Morgan fingerprint density at radius 3 is 2.69 bits per heavy atom. The van der Waals surface area contributed by atoms with Crippen molar-refractivity contribution in [3.8, 4) is 5.75 Å². The molecule has 0 aliphatic rings. The van der Waals surface area contributed by atoms with Crippen LogP contribution in [0.3, 0.4) is 0 Å². The molecule has 0 amide bonds. The number of nitrogens with two attached hydrogens (primary N) is 1. The van der Waals surface area contributed by atoms with E-state index < -0.39 is 0 Å². The average molecular weight is 199 g/mol. The second-order valence-corrected chi connectivity index (χ2v) is 3.21. The van der Waals surface area contributed by atoms with Gasteiger partial charge >= 0.3 is 0 Å². The first kappa shape index (κ1) is 10.4. The Morgan fingerprint density at radius 1 is 1.38 bits per heavy atom. The van der Waals surface area contributed by atoms with Crippen LogP contribution in [0.2, 0.25) is 0 Å². The lowest BCUT2D eigenvalue weighted by Crippen LogP contribution is -1.92. The van der Waals surface area contributed by atoms with Crippen molar-refractivity contribution in [2.45, 2.75) is 11.5 Å². The van der Waals surface area contributed by atoms with Crippen LogP contribution in [-0.2, 0) is 11.3 Å². The largest absolute Gasteiger partial charge is 0.496 e. The van der Waals surface area contributed by atoms with Gasteiger partial charge in [-0.05, 0) is 29.6 Å². The Hall–Kier alpha value is -0.710. The standard InChI is InChI=1S/C9H13NO2S/c1-11-6-7-3-4-8(12-2)9(5-7)13-10/h3-5H,6,10H2,1-2H3. The molecule has 0 heterocycles. The lowest BCUT2D eigenvalue weighted by molar-refractivity contribution is 0.184. The SMILES string of the molecule is COCc1ccc(OC)c(SN)c1. The predicted octanol–water partition coefficient (Wildman–Crippen LogP) is 1.81. The third-order valence-electron chi connectivity index (χ3n) is 1.67. The van der Waals surface area contributed by atoms with E-state index in [0.717, 1.165) is 16.2 Å². The van der Waals surface area contributed by atoms with E-state index in [4.69, 9.17) is 14.6 Å². The minimum atomic E-state index is 0.595. The predicted molar refractivity (Wildman–Crippen MR) is 53.8 cm³/mol. The van der Waals surface area contributed by atoms with Gasteiger partial charge in [-0.3, -0.25) is 5.14 Å². The lowest BCUT2D eigenvalue weighted by Gasteiger charge is -2.07. The van der Waals surface area contributed by atoms with Gasteiger partial charge in [-0.1, -0.05) is 6.07 Å². The highest BCUT2D eigenvalue weighted by atomic mass is 32.2. The smallest absolute Gasteiger partial charge is 0.133 e. The molecule has 0 atom stereocenters. The fraction of sp³-hybridized carbons (Fsp3) is 0.333. The molecule has 72 valence electrons. The third kappa shape index (κ3) is 2.62. The molecular formula is C9H13NO2S. The van der Waals surface area contributed by atoms with Crippen LogP contribution >= 0.6 is 11.9 Å². The van der Waals surface area contributed by atoms with Crippen LogP contribution < -0.4 is 9.88 Å². The lowest BCUT2D eigenvalue weighted by atomic mass is 10.2. The molecule has 0 aliphatic carbocycles. The van der Waals surface area contributed by atoms with Gasteiger partial charge in [0.15, 0.2) is 0 Å². The molecule has 4 heteroatoms. The summed E-state index contributed by atoms with van der Waals surface area (Å²) in [7, 11) is 3.30. The summed E-state index contributed by atoms with van der Waals surface area (Å²) in [5.74, 6) is 0.798. The molecule has 0 aromatic heterocycles. The van der Waals surface area contributed by atoms with E-state index in [1.54, 1.807) is 14.2 Å². The maximum atomic E-state index is 5.49. The van der Waals surface area contributed by atoms with E-state index in [1.807, 2.05) is 18.2 Å². The van der Waals surface area contributed by atoms with Crippen LogP contribution in [-0.4, -0.2) is 14.2 Å². The average Bonchev–Trinajstić information content (AvgIpc) is 2.18. The van der Waals surface area contributed by atoms with Gasteiger partial charge < -0.3 is 9.47 Å². The van der Waals surface area contributed by atoms with Gasteiger partial charge in [-0.15, -0.1) is 0 Å². The first-order chi connectivity index (χ1) is 6.31. The van der Waals surface area contributed by atoms with Crippen molar-refractivity contribution in [2.24, 2.45) is 5.14 Å². The minimum Gasteiger partial charge on any atom is -0.496 e. The molecule has 0 radical (unpaired) electrons. The second kappa shape index (κ2) is 5.11. The molecule has 1 rings (SSSR count). The van der Waals surface area contributed by atoms with E-state index in [-0.39, 0.29) is 0 Å². The summed E-state index contributed by atoms with van der Waals surface area (Å²) in [5.41, 5.74) is 1.09. The Balaban J connectivity index is 2.91. The van der Waals surface area contributed by atoms with Gasteiger partial charge in [0.05, 0.1) is 18.6 Å². The molecular weight excluding hydrogens is 186 g/mol. The quantitative estimate of drug-likeness (QED) is 0.751. The molecule has 13 heavy (non-hydrogen) atoms. The van der Waals surface area contributed by atoms with Crippen molar-refractivity contribution in [2.75, 3.05) is 14.2 Å². The molecule has 1 aromatic carbocycles. The van der Waals surface area contributed by atoms with E-state index >= 15 is 0 Å². The molecule has 0 spiro atoms. The Kier molecular flexibility index (Phi) is 4.08. The molecule has 0 fully saturated rings. The van der Waals surface area contributed by atoms with Gasteiger partial charge in [0.1, 0.15) is 5.75 Å². The van der Waals surface area contributed by atoms with E-state index in [2.05, 4.69) is 0 Å². The van der Waals surface area contributed by atoms with E-state index in [1.165, 1.54) is 11.9 Å². The van der Waals surface area contributed by atoms with Crippen LogP contribution in [0.1, 0.15) is 5.56 Å². The summed E-state index contributed by atoms with van der Waals surface area (Å²) in [4.78, 5) is 0.928. The van der Waals surface area contributed by atoms with Crippen molar-refractivity contribution in [3.05, 3.63) is 23.8 Å². The minimum absolute atomic E-state index is 0.595. The summed E-state index contributed by atoms with van der Waals surface area (Å²) < 4.78 is 10.1. The van der Waals surface area contributed by atoms with Gasteiger partial charge in [-0.25, -0.2) is 0 Å². The zero-order valence-electron chi connectivity index (χ0n) is 7.74. The van der Waals surface area contributed by atoms with Gasteiger partial charge in [0, 0.05) is 7.11 Å². The molecule has 0 saturated heterocycles. The fourth-order valence-electron chi connectivity index (χ4n) is 1.07. The molecule has 0 saturated carbocycles. The van der Waals surface area contributed by atoms with Crippen LogP contribution in [0.25, 0.3) is 0 Å². The third-order valence-corrected chi connectivity index (χ3v) is 2.24. The Labute approximate surface area is 82.4 Å². The number of hydrogen-bond acceptors (Lipinski definition) is 4. The summed E-state index contributed by atoms with van der Waals surface area (Å²) in [6, 6.07) is 5.82. The molecule has 1 aromatic rings. The number of benzene rings is 1. The normalized spacial score (nSPS) is 10.1. The van der Waals surface area contributed by atoms with Gasteiger partial charge in [0.2, 0.25) is 0 Å². The van der Waals surface area contributed by atoms with Crippen LogP contribution in [0, 0.1) is 0 Å². The summed E-state index contributed by atoms with van der Waals surface area (Å²) in [6.45, 7) is 0.595. The van der Waals surface area contributed by atoms with Crippen molar-refractivity contribution in [1.82, 2.24) is 0 Å². The van der Waals surface area contributed by atoms with Gasteiger partial charge in [-0.2, -0.15) is 0 Å². The van der Waals surface area contributed by atoms with Crippen molar-refractivity contribution >= 4 is 11.9 Å². The number of methoxy groups -OCH3 is 2. The maximum Gasteiger partial charge on any atom is 0.133 e. The number of ether oxygens (including phenoxy) is 2. The Bertz CT molecular complexity index is 278. The zero-order valence-corrected chi connectivity index (χ0v) is 8.56. The van der Waals surface area contributed by atoms with E-state index in [0.29, 0.717) is 6.61 Å². The molecule has 0 unspecified atom stereocenters. The topological polar surface area (TPSA) is 44.5 Å². The fourth-order valence-corrected chi connectivity index (χ4v) is 1.56. The highest BCUT2D eigenvalue weighted by molar-refractivity contribution is 7.97. The number of rotatable bonds is 4. The molecule has 3 nitrogen and oxygen atoms in total. The Morgan fingerprint density at radius 2 is 2.15 bits per heavy atom. The highest BCUT2D eigenvalue weighted by Gasteiger charge is 2.02. The van der Waals surface area contributed by atoms with Crippen LogP contribution in [0.4, 0.5) is 0 Å². The molecule has 0 aliphatic heterocycles. The summed E-state index contributed by atoms with van der Waals surface area (Å²) >= 11 is 1.18. The molecule has 0 bridgehead atoms. The first-order valence-electron chi connectivity index (χ1n) is 3.84. The van der Waals surface area contributed by atoms with Gasteiger partial charge in [0.25, 0.3) is 0 Å². The van der Waals surface area contributed by atoms with Crippen LogP contribution in [0.15, 0.2) is 23.1 Å². The highest BCUT2D eigenvalue weighted by Crippen LogP contribution is 2.26. The molecule has 2 N–H and O–H groups in total. The first-order valence-corrected chi connectivity index (χ1v) is 4.72. The van der Waals surface area contributed by atoms with Crippen molar-refractivity contribution in [3.63, 3.8) is 0 Å². The summed E-state index contributed by atoms with van der Waals surface area (Å²) in [5, 5.41) is 5.49. The second-order valence-electron chi connectivity index (χ2n) is 2.54. The zero-order chi connectivity index (χ0) is 9.68. The van der Waals surface area contributed by atoms with Crippen molar-refractivity contribution in [1.29, 1.82) is 0 Å². The monoisotopic (exact) mass is 199 g/mol. The summed E-state index contributed by atoms with van der Waals surface area (Å²) in [6.07, 6.45) is 0. The number of hydrogen-bond donors (Lipinski definition) is 1. The maximum absolute atomic E-state index is 5.49. The van der Waals surface area contributed by atoms with Crippen LogP contribution in [0.5, 0.6) is 5.75 Å². The van der Waals surface area contributed by atoms with E-state index in [9.17, 15) is 0 Å². The van der Waals surface area contributed by atoms with Crippen molar-refractivity contribution < 1.29 is 9.47 Å².